The summed E-state index contributed by atoms with van der Waals surface area (Å²) < 4.78 is 3.96. The molecular formula is C9H9BrN2S2. The summed E-state index contributed by atoms with van der Waals surface area (Å²) in [7, 11) is 0. The Morgan fingerprint density at radius 3 is 2.93 bits per heavy atom. The van der Waals surface area contributed by atoms with E-state index in [1.54, 1.807) is 11.3 Å². The number of aromatic amines is 1. The van der Waals surface area contributed by atoms with Crippen LogP contribution in [0.5, 0.6) is 0 Å². The van der Waals surface area contributed by atoms with E-state index in [2.05, 4.69) is 32.4 Å². The molecule has 0 aliphatic carbocycles. The van der Waals surface area contributed by atoms with E-state index in [-0.39, 0.29) is 0 Å². The summed E-state index contributed by atoms with van der Waals surface area (Å²) >= 11 is 10.4. The number of rotatable bonds is 2. The van der Waals surface area contributed by atoms with Gasteiger partial charge in [0.1, 0.15) is 0 Å². The van der Waals surface area contributed by atoms with Gasteiger partial charge in [0.05, 0.1) is 6.54 Å². The van der Waals surface area contributed by atoms with Gasteiger partial charge in [-0.1, -0.05) is 0 Å². The SMILES string of the molecule is Cc1cn(Cc2cc(Br)cs2)c(=S)[nH]1. The van der Waals surface area contributed by atoms with Gasteiger partial charge in [-0.25, -0.2) is 0 Å². The molecule has 74 valence electrons. The van der Waals surface area contributed by atoms with Gasteiger partial charge in [0.25, 0.3) is 0 Å². The van der Waals surface area contributed by atoms with Crippen molar-refractivity contribution in [3.63, 3.8) is 0 Å². The lowest BCUT2D eigenvalue weighted by Crippen LogP contribution is -1.95. The smallest absolute Gasteiger partial charge is 0.177 e. The largest absolute Gasteiger partial charge is 0.335 e. The Labute approximate surface area is 99.7 Å². The third-order valence-corrected chi connectivity index (χ3v) is 3.88. The van der Waals surface area contributed by atoms with Crippen molar-refractivity contribution in [2.24, 2.45) is 0 Å². The van der Waals surface area contributed by atoms with E-state index >= 15 is 0 Å². The van der Waals surface area contributed by atoms with Gasteiger partial charge >= 0.3 is 0 Å². The minimum absolute atomic E-state index is 0.784. The van der Waals surface area contributed by atoms with Crippen LogP contribution < -0.4 is 0 Å². The molecule has 2 aromatic rings. The van der Waals surface area contributed by atoms with Gasteiger partial charge < -0.3 is 9.55 Å². The topological polar surface area (TPSA) is 20.7 Å². The van der Waals surface area contributed by atoms with Crippen molar-refractivity contribution in [3.8, 4) is 0 Å². The highest BCUT2D eigenvalue weighted by Gasteiger charge is 2.00. The van der Waals surface area contributed by atoms with Gasteiger partial charge in [0.15, 0.2) is 4.77 Å². The van der Waals surface area contributed by atoms with Crippen LogP contribution in [0.15, 0.2) is 22.1 Å². The van der Waals surface area contributed by atoms with Gasteiger partial charge in [0, 0.05) is 26.6 Å². The summed E-state index contributed by atoms with van der Waals surface area (Å²) in [5.74, 6) is 0. The molecule has 0 atom stereocenters. The van der Waals surface area contributed by atoms with Crippen molar-refractivity contribution in [1.29, 1.82) is 0 Å². The van der Waals surface area contributed by atoms with E-state index < -0.39 is 0 Å². The predicted octanol–water partition coefficient (Wildman–Crippen LogP) is 3.73. The first-order chi connectivity index (χ1) is 6.65. The van der Waals surface area contributed by atoms with E-state index in [4.69, 9.17) is 12.2 Å². The Kier molecular flexibility index (Phi) is 2.90. The fraction of sp³-hybridized carbons (Fsp3) is 0.222. The first kappa shape index (κ1) is 10.1. The molecule has 5 heteroatoms. The number of nitrogens with zero attached hydrogens (tertiary/aromatic N) is 1. The van der Waals surface area contributed by atoms with E-state index in [9.17, 15) is 0 Å². The standard InChI is InChI=1S/C9H9BrN2S2/c1-6-3-12(9(13)11-6)4-8-2-7(10)5-14-8/h2-3,5H,4H2,1H3,(H,11,13). The van der Waals surface area contributed by atoms with Crippen LogP contribution in [0.3, 0.4) is 0 Å². The van der Waals surface area contributed by atoms with Gasteiger partial charge in [-0.3, -0.25) is 0 Å². The maximum Gasteiger partial charge on any atom is 0.177 e. The number of H-pyrrole nitrogens is 1. The second kappa shape index (κ2) is 4.00. The number of aryl methyl sites for hydroxylation is 1. The van der Waals surface area contributed by atoms with Crippen LogP contribution >= 0.6 is 39.5 Å². The van der Waals surface area contributed by atoms with Gasteiger partial charge in [0.2, 0.25) is 0 Å². The highest BCUT2D eigenvalue weighted by atomic mass is 79.9. The molecule has 0 aliphatic heterocycles. The van der Waals surface area contributed by atoms with E-state index in [0.29, 0.717) is 0 Å². The van der Waals surface area contributed by atoms with E-state index in [1.807, 2.05) is 17.7 Å². The molecule has 2 nitrogen and oxygen atoms in total. The Balaban J connectivity index is 2.26. The lowest BCUT2D eigenvalue weighted by molar-refractivity contribution is 0.795. The van der Waals surface area contributed by atoms with Gasteiger partial charge in [-0.15, -0.1) is 11.3 Å². The lowest BCUT2D eigenvalue weighted by atomic mass is 10.4. The first-order valence-electron chi connectivity index (χ1n) is 4.14. The molecule has 1 N–H and O–H groups in total. The number of aromatic nitrogens is 2. The molecule has 0 amide bonds. The molecule has 2 aromatic heterocycles. The summed E-state index contributed by atoms with van der Waals surface area (Å²) in [5.41, 5.74) is 1.10. The number of hydrogen-bond donors (Lipinski definition) is 1. The van der Waals surface area contributed by atoms with Crippen molar-refractivity contribution in [3.05, 3.63) is 37.5 Å². The van der Waals surface area contributed by atoms with Gasteiger partial charge in [-0.2, -0.15) is 0 Å². The molecule has 0 spiro atoms. The number of imidazole rings is 1. The number of hydrogen-bond acceptors (Lipinski definition) is 2. The molecule has 2 heterocycles. The lowest BCUT2D eigenvalue weighted by Gasteiger charge is -1.97. The summed E-state index contributed by atoms with van der Waals surface area (Å²) in [6.45, 7) is 2.86. The molecule has 0 saturated carbocycles. The quantitative estimate of drug-likeness (QED) is 0.836. The summed E-state index contributed by atoms with van der Waals surface area (Å²) in [6.07, 6.45) is 2.04. The van der Waals surface area contributed by atoms with Crippen LogP contribution in [0.2, 0.25) is 0 Å². The monoisotopic (exact) mass is 288 g/mol. The van der Waals surface area contributed by atoms with Crippen LogP contribution in [-0.4, -0.2) is 9.55 Å². The average molecular weight is 289 g/mol. The normalized spacial score (nSPS) is 10.7. The van der Waals surface area contributed by atoms with Crippen molar-refractivity contribution < 1.29 is 0 Å². The van der Waals surface area contributed by atoms with E-state index in [1.165, 1.54) is 4.88 Å². The second-order valence-corrected chi connectivity index (χ2v) is 5.40. The fourth-order valence-corrected chi connectivity index (χ4v) is 3.01. The van der Waals surface area contributed by atoms with E-state index in [0.717, 1.165) is 21.5 Å². The third kappa shape index (κ3) is 2.16. The molecule has 0 saturated heterocycles. The Bertz CT molecular complexity index is 495. The fourth-order valence-electron chi connectivity index (χ4n) is 1.29. The van der Waals surface area contributed by atoms with Crippen LogP contribution in [0.25, 0.3) is 0 Å². The third-order valence-electron chi connectivity index (χ3n) is 1.86. The zero-order valence-corrected chi connectivity index (χ0v) is 10.8. The molecule has 0 unspecified atom stereocenters. The maximum absolute atomic E-state index is 5.18. The minimum Gasteiger partial charge on any atom is -0.335 e. The Morgan fingerprint density at radius 1 is 1.64 bits per heavy atom. The van der Waals surface area contributed by atoms with Crippen molar-refractivity contribution >= 4 is 39.5 Å². The van der Waals surface area contributed by atoms with Crippen LogP contribution in [0.1, 0.15) is 10.6 Å². The molecule has 0 aliphatic rings. The summed E-state index contributed by atoms with van der Waals surface area (Å²) in [4.78, 5) is 4.40. The van der Waals surface area contributed by atoms with Crippen molar-refractivity contribution in [2.75, 3.05) is 0 Å². The molecular weight excluding hydrogens is 280 g/mol. The highest BCUT2D eigenvalue weighted by molar-refractivity contribution is 9.10. The molecule has 2 rings (SSSR count). The van der Waals surface area contributed by atoms with Crippen LogP contribution in [0, 0.1) is 11.7 Å². The van der Waals surface area contributed by atoms with Crippen molar-refractivity contribution in [1.82, 2.24) is 9.55 Å². The number of thiophene rings is 1. The molecule has 0 radical (unpaired) electrons. The minimum atomic E-state index is 0.784. The first-order valence-corrected chi connectivity index (χ1v) is 6.22. The number of halogens is 1. The molecule has 0 aromatic carbocycles. The average Bonchev–Trinajstić information content (AvgIpc) is 2.61. The molecule has 0 fully saturated rings. The van der Waals surface area contributed by atoms with Crippen LogP contribution in [0.4, 0.5) is 0 Å². The molecule has 0 bridgehead atoms. The Hall–Kier alpha value is -0.390. The maximum atomic E-state index is 5.18. The zero-order valence-electron chi connectivity index (χ0n) is 7.58. The van der Waals surface area contributed by atoms with Gasteiger partial charge in [-0.05, 0) is 41.1 Å². The number of nitrogens with one attached hydrogen (secondary N) is 1. The summed E-state index contributed by atoms with van der Waals surface area (Å²) in [5, 5.41) is 2.08. The Morgan fingerprint density at radius 2 is 2.43 bits per heavy atom. The highest BCUT2D eigenvalue weighted by Crippen LogP contribution is 2.20. The second-order valence-electron chi connectivity index (χ2n) is 3.10. The predicted molar refractivity (Wildman–Crippen MR) is 65.5 cm³/mol. The van der Waals surface area contributed by atoms with Crippen molar-refractivity contribution in [2.45, 2.75) is 13.5 Å². The summed E-state index contributed by atoms with van der Waals surface area (Å²) in [6, 6.07) is 2.12. The zero-order chi connectivity index (χ0) is 10.1. The van der Waals surface area contributed by atoms with Crippen LogP contribution in [-0.2, 0) is 6.54 Å². The molecule has 14 heavy (non-hydrogen) atoms.